The number of rotatable bonds is 14. The molecular formula is C33H42O6. The molecule has 1 aliphatic rings. The minimum Gasteiger partial charge on any atom is -0.490 e. The first-order valence-electron chi connectivity index (χ1n) is 13.9. The van der Waals surface area contributed by atoms with Gasteiger partial charge in [-0.05, 0) is 79.3 Å². The van der Waals surface area contributed by atoms with E-state index in [0.29, 0.717) is 42.1 Å². The van der Waals surface area contributed by atoms with Gasteiger partial charge in [-0.15, -0.1) is 0 Å². The molecule has 0 unspecified atom stereocenters. The second-order valence-electron chi connectivity index (χ2n) is 10.3. The molecule has 1 fully saturated rings. The van der Waals surface area contributed by atoms with Crippen molar-refractivity contribution in [3.8, 4) is 16.9 Å². The number of esters is 2. The van der Waals surface area contributed by atoms with Gasteiger partial charge in [0, 0.05) is 24.2 Å². The van der Waals surface area contributed by atoms with Crippen molar-refractivity contribution < 1.29 is 28.9 Å². The van der Waals surface area contributed by atoms with Crippen molar-refractivity contribution in [1.82, 2.24) is 0 Å². The molecule has 0 spiro atoms. The summed E-state index contributed by atoms with van der Waals surface area (Å²) in [6, 6.07) is 12.8. The maximum Gasteiger partial charge on any atom is 0.333 e. The Kier molecular flexibility index (Phi) is 11.8. The van der Waals surface area contributed by atoms with Crippen LogP contribution in [0.4, 0.5) is 0 Å². The van der Waals surface area contributed by atoms with Gasteiger partial charge >= 0.3 is 11.9 Å². The van der Waals surface area contributed by atoms with Crippen LogP contribution in [0.25, 0.3) is 11.1 Å². The summed E-state index contributed by atoms with van der Waals surface area (Å²) in [7, 11) is 0. The molecule has 2 aromatic rings. The Morgan fingerprint density at radius 3 is 2.21 bits per heavy atom. The van der Waals surface area contributed by atoms with Gasteiger partial charge in [0.2, 0.25) is 0 Å². The third kappa shape index (κ3) is 9.10. The average molecular weight is 535 g/mol. The fourth-order valence-corrected chi connectivity index (χ4v) is 4.91. The standard InChI is InChI=1S/C33H42O6/c1-23(2)32(35)38-18-16-29-21-27(25-9-6-5-7-10-25)14-15-30(29)28-13-12-26(11-8-17-34)31(22-28)37-19-20-39-33(36)24(3)4/h12-15,21-22,25,34H,1,3,5-11,16-20H2,2,4H3. The number of aryl methyl sites for hydroxylation is 1. The molecule has 2 aromatic carbocycles. The number of aliphatic hydroxyl groups excluding tert-OH is 1. The van der Waals surface area contributed by atoms with E-state index in [4.69, 9.17) is 14.2 Å². The lowest BCUT2D eigenvalue weighted by Gasteiger charge is -2.23. The molecule has 1 saturated carbocycles. The molecule has 0 atom stereocenters. The molecular weight excluding hydrogens is 492 g/mol. The molecule has 0 heterocycles. The number of carbonyl (C=O) groups excluding carboxylic acids is 2. The van der Waals surface area contributed by atoms with Gasteiger partial charge < -0.3 is 19.3 Å². The van der Waals surface area contributed by atoms with E-state index in [9.17, 15) is 14.7 Å². The normalized spacial score (nSPS) is 13.5. The third-order valence-electron chi connectivity index (χ3n) is 7.06. The Hall–Kier alpha value is -3.38. The molecule has 39 heavy (non-hydrogen) atoms. The minimum absolute atomic E-state index is 0.0904. The predicted molar refractivity (Wildman–Crippen MR) is 154 cm³/mol. The molecule has 0 bridgehead atoms. The Bertz CT molecular complexity index is 1160. The average Bonchev–Trinajstić information content (AvgIpc) is 2.94. The Labute approximate surface area is 232 Å². The van der Waals surface area contributed by atoms with Crippen molar-refractivity contribution in [3.05, 3.63) is 77.4 Å². The van der Waals surface area contributed by atoms with Gasteiger partial charge in [-0.2, -0.15) is 0 Å². The molecule has 0 radical (unpaired) electrons. The monoisotopic (exact) mass is 534 g/mol. The molecule has 210 valence electrons. The summed E-state index contributed by atoms with van der Waals surface area (Å²) in [6.07, 6.45) is 8.11. The van der Waals surface area contributed by atoms with Crippen LogP contribution in [0.15, 0.2) is 60.7 Å². The quantitative estimate of drug-likeness (QED) is 0.170. The van der Waals surface area contributed by atoms with E-state index in [-0.39, 0.29) is 32.4 Å². The van der Waals surface area contributed by atoms with Crippen LogP contribution in [0.2, 0.25) is 0 Å². The molecule has 0 aliphatic heterocycles. The van der Waals surface area contributed by atoms with E-state index < -0.39 is 5.97 Å². The van der Waals surface area contributed by atoms with Gasteiger partial charge in [0.15, 0.2) is 0 Å². The Morgan fingerprint density at radius 1 is 0.846 bits per heavy atom. The van der Waals surface area contributed by atoms with Crippen LogP contribution in [-0.4, -0.2) is 43.5 Å². The summed E-state index contributed by atoms with van der Waals surface area (Å²) < 4.78 is 16.7. The first-order valence-corrected chi connectivity index (χ1v) is 13.9. The highest BCUT2D eigenvalue weighted by atomic mass is 16.6. The zero-order valence-corrected chi connectivity index (χ0v) is 23.4. The number of aliphatic hydroxyl groups is 1. The van der Waals surface area contributed by atoms with E-state index in [1.165, 1.54) is 37.7 Å². The number of carbonyl (C=O) groups is 2. The predicted octanol–water partition coefficient (Wildman–Crippen LogP) is 6.49. The molecule has 1 aliphatic carbocycles. The van der Waals surface area contributed by atoms with Gasteiger partial charge in [0.25, 0.3) is 0 Å². The SMILES string of the molecule is C=C(C)C(=O)OCCOc1cc(-c2ccc(C3CCCCC3)cc2CCOC(=O)C(=C)C)ccc1CCCO. The smallest absolute Gasteiger partial charge is 0.333 e. The maximum absolute atomic E-state index is 12.0. The molecule has 0 aromatic heterocycles. The zero-order chi connectivity index (χ0) is 28.2. The van der Waals surface area contributed by atoms with Gasteiger partial charge in [-0.1, -0.05) is 62.8 Å². The van der Waals surface area contributed by atoms with Gasteiger partial charge in [0.05, 0.1) is 6.61 Å². The van der Waals surface area contributed by atoms with Crippen LogP contribution in [0, 0.1) is 0 Å². The lowest BCUT2D eigenvalue weighted by molar-refractivity contribution is -0.140. The fourth-order valence-electron chi connectivity index (χ4n) is 4.91. The van der Waals surface area contributed by atoms with Crippen LogP contribution in [-0.2, 0) is 31.9 Å². The Balaban J connectivity index is 1.87. The summed E-state index contributed by atoms with van der Waals surface area (Å²) in [4.78, 5) is 23.7. The van der Waals surface area contributed by atoms with Crippen molar-refractivity contribution in [3.63, 3.8) is 0 Å². The van der Waals surface area contributed by atoms with Crippen molar-refractivity contribution in [2.24, 2.45) is 0 Å². The van der Waals surface area contributed by atoms with E-state index >= 15 is 0 Å². The number of benzene rings is 2. The summed E-state index contributed by atoms with van der Waals surface area (Å²) in [5.41, 5.74) is 6.24. The van der Waals surface area contributed by atoms with E-state index in [1.807, 2.05) is 12.1 Å². The van der Waals surface area contributed by atoms with Crippen LogP contribution in [0.3, 0.4) is 0 Å². The molecule has 0 saturated heterocycles. The molecule has 3 rings (SSSR count). The van der Waals surface area contributed by atoms with Gasteiger partial charge in [-0.3, -0.25) is 0 Å². The zero-order valence-electron chi connectivity index (χ0n) is 23.4. The summed E-state index contributed by atoms with van der Waals surface area (Å²) in [5.74, 6) is 0.439. The second-order valence-corrected chi connectivity index (χ2v) is 10.3. The second kappa shape index (κ2) is 15.3. The van der Waals surface area contributed by atoms with Crippen molar-refractivity contribution in [2.45, 2.75) is 71.1 Å². The molecule has 6 heteroatoms. The largest absolute Gasteiger partial charge is 0.490 e. The number of hydrogen-bond donors (Lipinski definition) is 1. The van der Waals surface area contributed by atoms with Crippen LogP contribution in [0.5, 0.6) is 5.75 Å². The van der Waals surface area contributed by atoms with Gasteiger partial charge in [0.1, 0.15) is 19.0 Å². The maximum atomic E-state index is 12.0. The molecule has 6 nitrogen and oxygen atoms in total. The fraction of sp³-hybridized carbons (Fsp3) is 0.455. The summed E-state index contributed by atoms with van der Waals surface area (Å²) in [6.45, 7) is 11.2. The topological polar surface area (TPSA) is 82.1 Å². The summed E-state index contributed by atoms with van der Waals surface area (Å²) in [5, 5.41) is 9.36. The lowest BCUT2D eigenvalue weighted by Crippen LogP contribution is -2.13. The van der Waals surface area contributed by atoms with Crippen molar-refractivity contribution >= 4 is 11.9 Å². The van der Waals surface area contributed by atoms with Crippen molar-refractivity contribution in [1.29, 1.82) is 0 Å². The van der Waals surface area contributed by atoms with Crippen molar-refractivity contribution in [2.75, 3.05) is 26.4 Å². The number of ether oxygens (including phenoxy) is 3. The molecule has 0 amide bonds. The van der Waals surface area contributed by atoms with Crippen LogP contribution >= 0.6 is 0 Å². The lowest BCUT2D eigenvalue weighted by atomic mass is 9.82. The van der Waals surface area contributed by atoms with E-state index in [0.717, 1.165) is 22.3 Å². The third-order valence-corrected chi connectivity index (χ3v) is 7.06. The molecule has 1 N–H and O–H groups in total. The highest BCUT2D eigenvalue weighted by molar-refractivity contribution is 5.87. The van der Waals surface area contributed by atoms with E-state index in [1.54, 1.807) is 13.8 Å². The summed E-state index contributed by atoms with van der Waals surface area (Å²) >= 11 is 0. The highest BCUT2D eigenvalue weighted by Crippen LogP contribution is 2.36. The Morgan fingerprint density at radius 2 is 1.54 bits per heavy atom. The first kappa shape index (κ1) is 30.2. The van der Waals surface area contributed by atoms with Crippen LogP contribution in [0.1, 0.15) is 75.0 Å². The minimum atomic E-state index is -0.442. The van der Waals surface area contributed by atoms with E-state index in [2.05, 4.69) is 37.4 Å². The van der Waals surface area contributed by atoms with Gasteiger partial charge in [-0.25, -0.2) is 9.59 Å². The first-order chi connectivity index (χ1) is 18.8. The number of hydrogen-bond acceptors (Lipinski definition) is 6. The van der Waals surface area contributed by atoms with Crippen LogP contribution < -0.4 is 4.74 Å². The highest BCUT2D eigenvalue weighted by Gasteiger charge is 2.18.